The Bertz CT molecular complexity index is 1390. The molecule has 142 valence electrons. The Kier molecular flexibility index (Phi) is 4.18. The van der Waals surface area contributed by atoms with Crippen molar-refractivity contribution in [2.45, 2.75) is 6.54 Å². The Morgan fingerprint density at radius 1 is 1.03 bits per heavy atom. The first-order valence-corrected chi connectivity index (χ1v) is 9.85. The van der Waals surface area contributed by atoms with E-state index in [4.69, 9.17) is 0 Å². The number of benzene rings is 1. The number of amides is 1. The SMILES string of the molecule is O=C(Cn1c(=O)c2cc(-c3cccs3)nn2c2ncccc21)Nc1ccccc1. The summed E-state index contributed by atoms with van der Waals surface area (Å²) < 4.78 is 2.99. The van der Waals surface area contributed by atoms with Gasteiger partial charge in [0.1, 0.15) is 17.8 Å². The first-order chi connectivity index (χ1) is 14.2. The summed E-state index contributed by atoms with van der Waals surface area (Å²) in [6.45, 7) is -0.119. The van der Waals surface area contributed by atoms with Gasteiger partial charge in [-0.3, -0.25) is 14.2 Å². The summed E-state index contributed by atoms with van der Waals surface area (Å²) in [7, 11) is 0. The summed E-state index contributed by atoms with van der Waals surface area (Å²) >= 11 is 1.55. The third-order valence-electron chi connectivity index (χ3n) is 4.56. The molecule has 7 nitrogen and oxygen atoms in total. The lowest BCUT2D eigenvalue weighted by Gasteiger charge is -2.11. The topological polar surface area (TPSA) is 81.3 Å². The van der Waals surface area contributed by atoms with Gasteiger partial charge in [0.05, 0.1) is 10.4 Å². The van der Waals surface area contributed by atoms with Crippen LogP contribution in [-0.4, -0.2) is 25.1 Å². The van der Waals surface area contributed by atoms with Crippen LogP contribution in [0.5, 0.6) is 0 Å². The number of pyridine rings is 1. The maximum atomic E-state index is 13.2. The van der Waals surface area contributed by atoms with Gasteiger partial charge in [0, 0.05) is 11.9 Å². The average molecular weight is 401 g/mol. The van der Waals surface area contributed by atoms with Gasteiger partial charge in [0.25, 0.3) is 5.56 Å². The quantitative estimate of drug-likeness (QED) is 0.500. The predicted molar refractivity (Wildman–Crippen MR) is 113 cm³/mol. The van der Waals surface area contributed by atoms with Gasteiger partial charge >= 0.3 is 0 Å². The molecule has 0 atom stereocenters. The van der Waals surface area contributed by atoms with Gasteiger partial charge in [0.2, 0.25) is 5.91 Å². The molecule has 0 fully saturated rings. The fourth-order valence-corrected chi connectivity index (χ4v) is 3.95. The molecule has 0 radical (unpaired) electrons. The Morgan fingerprint density at radius 3 is 2.69 bits per heavy atom. The normalized spacial score (nSPS) is 11.2. The third kappa shape index (κ3) is 3.09. The number of anilines is 1. The minimum absolute atomic E-state index is 0.119. The van der Waals surface area contributed by atoms with Crippen LogP contribution in [0.3, 0.4) is 0 Å². The van der Waals surface area contributed by atoms with Crippen molar-refractivity contribution in [2.75, 3.05) is 5.32 Å². The van der Waals surface area contributed by atoms with E-state index >= 15 is 0 Å². The van der Waals surface area contributed by atoms with Gasteiger partial charge in [-0.25, -0.2) is 9.50 Å². The third-order valence-corrected chi connectivity index (χ3v) is 5.46. The van der Waals surface area contributed by atoms with Gasteiger partial charge in [0.15, 0.2) is 5.65 Å². The summed E-state index contributed by atoms with van der Waals surface area (Å²) in [6, 6.07) is 18.3. The molecular formula is C21H15N5O2S. The molecule has 1 amide bonds. The van der Waals surface area contributed by atoms with E-state index in [2.05, 4.69) is 15.4 Å². The van der Waals surface area contributed by atoms with Gasteiger partial charge in [-0.1, -0.05) is 24.3 Å². The number of thiophene rings is 1. The molecule has 0 bridgehead atoms. The smallest absolute Gasteiger partial charge is 0.277 e. The Hall–Kier alpha value is -3.78. The van der Waals surface area contributed by atoms with E-state index in [9.17, 15) is 9.59 Å². The molecule has 1 N–H and O–H groups in total. The standard InChI is InChI=1S/C21H15N5O2S/c27-19(23-14-6-2-1-3-7-14)13-25-16-8-4-10-22-20(16)26-17(21(25)28)12-15(24-26)18-9-5-11-29-18/h1-12H,13H2,(H,23,27). The summed E-state index contributed by atoms with van der Waals surface area (Å²) in [4.78, 5) is 31.2. The van der Waals surface area contributed by atoms with Crippen LogP contribution in [0.1, 0.15) is 0 Å². The lowest BCUT2D eigenvalue weighted by atomic mass is 10.3. The van der Waals surface area contributed by atoms with Crippen molar-refractivity contribution in [1.29, 1.82) is 0 Å². The summed E-state index contributed by atoms with van der Waals surface area (Å²) in [5.41, 5.74) is 2.55. The van der Waals surface area contributed by atoms with Crippen molar-refractivity contribution in [3.05, 3.63) is 82.6 Å². The lowest BCUT2D eigenvalue weighted by Crippen LogP contribution is -2.29. The first kappa shape index (κ1) is 17.3. The molecule has 4 aromatic heterocycles. The zero-order valence-corrected chi connectivity index (χ0v) is 16.0. The fraction of sp³-hybridized carbons (Fsp3) is 0.0476. The number of hydrogen-bond donors (Lipinski definition) is 1. The van der Waals surface area contributed by atoms with Crippen LogP contribution >= 0.6 is 11.3 Å². The average Bonchev–Trinajstić information content (AvgIpc) is 3.42. The second kappa shape index (κ2) is 6.99. The highest BCUT2D eigenvalue weighted by Gasteiger charge is 2.17. The number of fused-ring (bicyclic) bond motifs is 3. The van der Waals surface area contributed by atoms with Crippen molar-refractivity contribution < 1.29 is 4.79 Å². The van der Waals surface area contributed by atoms with E-state index in [1.807, 2.05) is 35.7 Å². The highest BCUT2D eigenvalue weighted by atomic mass is 32.1. The Labute approximate surface area is 168 Å². The molecule has 0 saturated heterocycles. The van der Waals surface area contributed by atoms with E-state index in [-0.39, 0.29) is 18.0 Å². The van der Waals surface area contributed by atoms with Gasteiger partial charge in [-0.2, -0.15) is 5.10 Å². The lowest BCUT2D eigenvalue weighted by molar-refractivity contribution is -0.116. The molecule has 5 rings (SSSR count). The Morgan fingerprint density at radius 2 is 1.90 bits per heavy atom. The molecule has 4 heterocycles. The van der Waals surface area contributed by atoms with Crippen LogP contribution in [0.2, 0.25) is 0 Å². The molecule has 0 spiro atoms. The minimum Gasteiger partial charge on any atom is -0.325 e. The van der Waals surface area contributed by atoms with Gasteiger partial charge < -0.3 is 5.32 Å². The predicted octanol–water partition coefficient (Wildman–Crippen LogP) is 3.41. The second-order valence-corrected chi connectivity index (χ2v) is 7.40. The highest BCUT2D eigenvalue weighted by Crippen LogP contribution is 2.25. The van der Waals surface area contributed by atoms with Crippen molar-refractivity contribution in [3.63, 3.8) is 0 Å². The van der Waals surface area contributed by atoms with Crippen molar-refractivity contribution >= 4 is 39.6 Å². The van der Waals surface area contributed by atoms with E-state index < -0.39 is 0 Å². The number of nitrogens with one attached hydrogen (secondary N) is 1. The van der Waals surface area contributed by atoms with Crippen molar-refractivity contribution in [1.82, 2.24) is 19.2 Å². The summed E-state index contributed by atoms with van der Waals surface area (Å²) in [6.07, 6.45) is 1.65. The Balaban J connectivity index is 1.63. The maximum Gasteiger partial charge on any atom is 0.277 e. The zero-order chi connectivity index (χ0) is 19.8. The molecule has 8 heteroatoms. The van der Waals surface area contributed by atoms with Gasteiger partial charge in [-0.15, -0.1) is 11.3 Å². The van der Waals surface area contributed by atoms with Crippen LogP contribution in [-0.2, 0) is 11.3 Å². The van der Waals surface area contributed by atoms with Crippen LogP contribution in [0.4, 0.5) is 5.69 Å². The molecule has 0 aliphatic rings. The number of aromatic nitrogens is 4. The second-order valence-electron chi connectivity index (χ2n) is 6.46. The monoisotopic (exact) mass is 401 g/mol. The van der Waals surface area contributed by atoms with Crippen LogP contribution in [0.25, 0.3) is 27.3 Å². The molecule has 0 aliphatic carbocycles. The van der Waals surface area contributed by atoms with Crippen LogP contribution in [0, 0.1) is 0 Å². The first-order valence-electron chi connectivity index (χ1n) is 8.97. The molecule has 0 unspecified atom stereocenters. The number of carbonyl (C=O) groups excluding carboxylic acids is 1. The van der Waals surface area contributed by atoms with Crippen LogP contribution in [0.15, 0.2) is 77.0 Å². The maximum absolute atomic E-state index is 13.2. The molecule has 29 heavy (non-hydrogen) atoms. The fourth-order valence-electron chi connectivity index (χ4n) is 3.27. The van der Waals surface area contributed by atoms with Crippen molar-refractivity contribution in [2.24, 2.45) is 0 Å². The van der Waals surface area contributed by atoms with E-state index in [1.165, 1.54) is 4.57 Å². The van der Waals surface area contributed by atoms with E-state index in [0.717, 1.165) is 4.88 Å². The summed E-state index contributed by atoms with van der Waals surface area (Å²) in [5.74, 6) is -0.286. The van der Waals surface area contributed by atoms with Gasteiger partial charge in [-0.05, 0) is 41.8 Å². The molecule has 0 saturated carbocycles. The molecule has 5 aromatic rings. The number of para-hydroxylation sites is 1. The molecule has 1 aromatic carbocycles. The summed E-state index contributed by atoms with van der Waals surface area (Å²) in [5, 5.41) is 9.36. The largest absolute Gasteiger partial charge is 0.325 e. The number of carbonyl (C=O) groups is 1. The number of rotatable bonds is 4. The van der Waals surface area contributed by atoms with E-state index in [1.54, 1.807) is 52.4 Å². The van der Waals surface area contributed by atoms with Crippen molar-refractivity contribution in [3.8, 4) is 10.6 Å². The van der Waals surface area contributed by atoms with E-state index in [0.29, 0.717) is 28.1 Å². The molecule has 0 aliphatic heterocycles. The highest BCUT2D eigenvalue weighted by molar-refractivity contribution is 7.13. The number of hydrogen-bond acceptors (Lipinski definition) is 5. The zero-order valence-electron chi connectivity index (χ0n) is 15.1. The molecular weight excluding hydrogens is 386 g/mol. The number of nitrogens with zero attached hydrogens (tertiary/aromatic N) is 4. The minimum atomic E-state index is -0.288. The van der Waals surface area contributed by atoms with Crippen LogP contribution < -0.4 is 10.9 Å².